The zero-order valence-corrected chi connectivity index (χ0v) is 17.3. The van der Waals surface area contributed by atoms with E-state index in [4.69, 9.17) is 4.74 Å². The number of halogens is 2. The highest BCUT2D eigenvalue weighted by molar-refractivity contribution is 5.80. The van der Waals surface area contributed by atoms with E-state index in [9.17, 15) is 8.78 Å². The molecule has 1 aliphatic heterocycles. The number of benzene rings is 1. The number of likely N-dealkylation sites (tertiary alicyclic amines) is 1. The molecule has 1 aromatic rings. The second-order valence-corrected chi connectivity index (χ2v) is 7.32. The fourth-order valence-electron chi connectivity index (χ4n) is 3.47. The van der Waals surface area contributed by atoms with Gasteiger partial charge >= 0.3 is 0 Å². The zero-order valence-electron chi connectivity index (χ0n) is 17.3. The van der Waals surface area contributed by atoms with E-state index in [2.05, 4.69) is 20.5 Å². The molecule has 1 heterocycles. The molecule has 0 saturated carbocycles. The Labute approximate surface area is 166 Å². The lowest BCUT2D eigenvalue weighted by Crippen LogP contribution is -2.50. The van der Waals surface area contributed by atoms with Crippen LogP contribution in [0.25, 0.3) is 0 Å². The standard InChI is InChI=1S/C20H33F2N5O/c1-23-20(25-15-8-10-27(11-9-15)12-13-28-4)24-14-18(26(2)3)19-16(21)6-5-7-17(19)22/h5-7,15,18H,8-14H2,1-4H3,(H2,23,24,25). The molecule has 0 aromatic heterocycles. The minimum absolute atomic E-state index is 0.0712. The van der Waals surface area contributed by atoms with Gasteiger partial charge in [0.05, 0.1) is 12.6 Å². The van der Waals surface area contributed by atoms with Gasteiger partial charge in [0.25, 0.3) is 0 Å². The molecule has 1 atom stereocenters. The van der Waals surface area contributed by atoms with E-state index in [1.807, 2.05) is 14.1 Å². The van der Waals surface area contributed by atoms with Crippen molar-refractivity contribution in [1.82, 2.24) is 20.4 Å². The maximum absolute atomic E-state index is 14.2. The molecule has 1 aliphatic rings. The first-order valence-electron chi connectivity index (χ1n) is 9.75. The summed E-state index contributed by atoms with van der Waals surface area (Å²) in [6.45, 7) is 4.07. The fraction of sp³-hybridized carbons (Fsp3) is 0.650. The van der Waals surface area contributed by atoms with Gasteiger partial charge in [-0.1, -0.05) is 6.07 Å². The Morgan fingerprint density at radius 2 is 1.93 bits per heavy atom. The van der Waals surface area contributed by atoms with Crippen LogP contribution in [0.2, 0.25) is 0 Å². The van der Waals surface area contributed by atoms with E-state index in [-0.39, 0.29) is 5.56 Å². The maximum atomic E-state index is 14.2. The number of aliphatic imine (C=N–C) groups is 1. The Balaban J connectivity index is 1.90. The lowest BCUT2D eigenvalue weighted by molar-refractivity contribution is 0.128. The van der Waals surface area contributed by atoms with Gasteiger partial charge in [-0.05, 0) is 39.1 Å². The molecule has 28 heavy (non-hydrogen) atoms. The molecule has 0 amide bonds. The molecule has 1 aromatic carbocycles. The van der Waals surface area contributed by atoms with E-state index in [1.165, 1.54) is 18.2 Å². The lowest BCUT2D eigenvalue weighted by Gasteiger charge is -2.33. The van der Waals surface area contributed by atoms with Gasteiger partial charge in [-0.2, -0.15) is 0 Å². The van der Waals surface area contributed by atoms with Crippen molar-refractivity contribution in [3.8, 4) is 0 Å². The molecule has 0 aliphatic carbocycles. The molecule has 1 unspecified atom stereocenters. The lowest BCUT2D eigenvalue weighted by atomic mass is 10.0. The van der Waals surface area contributed by atoms with Crippen LogP contribution in [0.3, 0.4) is 0 Å². The SMILES string of the molecule is CN=C(NCC(c1c(F)cccc1F)N(C)C)NC1CCN(CCOC)CC1. The quantitative estimate of drug-likeness (QED) is 0.518. The average molecular weight is 398 g/mol. The van der Waals surface area contributed by atoms with Crippen LogP contribution >= 0.6 is 0 Å². The highest BCUT2D eigenvalue weighted by Gasteiger charge is 2.24. The first kappa shape index (κ1) is 22.5. The van der Waals surface area contributed by atoms with E-state index < -0.39 is 17.7 Å². The summed E-state index contributed by atoms with van der Waals surface area (Å²) in [5.41, 5.74) is 0.0712. The van der Waals surface area contributed by atoms with Crippen LogP contribution in [0.1, 0.15) is 24.4 Å². The van der Waals surface area contributed by atoms with Gasteiger partial charge < -0.3 is 25.2 Å². The van der Waals surface area contributed by atoms with Crippen LogP contribution in [-0.2, 0) is 4.74 Å². The molecule has 0 bridgehead atoms. The second kappa shape index (κ2) is 11.3. The first-order chi connectivity index (χ1) is 13.5. The molecule has 8 heteroatoms. The Hall–Kier alpha value is -1.77. The number of nitrogens with one attached hydrogen (secondary N) is 2. The third-order valence-electron chi connectivity index (χ3n) is 5.18. The predicted molar refractivity (Wildman–Crippen MR) is 109 cm³/mol. The summed E-state index contributed by atoms with van der Waals surface area (Å²) in [4.78, 5) is 8.47. The van der Waals surface area contributed by atoms with Crippen molar-refractivity contribution in [2.24, 2.45) is 4.99 Å². The van der Waals surface area contributed by atoms with Crippen molar-refractivity contribution in [3.63, 3.8) is 0 Å². The topological polar surface area (TPSA) is 52.1 Å². The molecule has 1 fully saturated rings. The fourth-order valence-corrected chi connectivity index (χ4v) is 3.47. The van der Waals surface area contributed by atoms with Crippen LogP contribution in [0.5, 0.6) is 0 Å². The first-order valence-corrected chi connectivity index (χ1v) is 9.75. The largest absolute Gasteiger partial charge is 0.383 e. The predicted octanol–water partition coefficient (Wildman–Crippen LogP) is 1.84. The van der Waals surface area contributed by atoms with Crippen LogP contribution in [0, 0.1) is 11.6 Å². The Kier molecular flexibility index (Phi) is 9.08. The number of hydrogen-bond acceptors (Lipinski definition) is 4. The molecule has 1 saturated heterocycles. The average Bonchev–Trinajstić information content (AvgIpc) is 2.68. The number of methoxy groups -OCH3 is 1. The minimum Gasteiger partial charge on any atom is -0.383 e. The van der Waals surface area contributed by atoms with Crippen LogP contribution in [0.15, 0.2) is 23.2 Å². The minimum atomic E-state index is -0.535. The van der Waals surface area contributed by atoms with Crippen molar-refractivity contribution in [2.45, 2.75) is 24.9 Å². The Morgan fingerprint density at radius 1 is 1.29 bits per heavy atom. The molecule has 2 N–H and O–H groups in total. The summed E-state index contributed by atoms with van der Waals surface area (Å²) in [5, 5.41) is 6.66. The zero-order chi connectivity index (χ0) is 20.5. The van der Waals surface area contributed by atoms with Gasteiger partial charge in [-0.3, -0.25) is 4.99 Å². The normalized spacial score (nSPS) is 17.8. The van der Waals surface area contributed by atoms with E-state index in [0.717, 1.165) is 39.1 Å². The van der Waals surface area contributed by atoms with Crippen molar-refractivity contribution >= 4 is 5.96 Å². The van der Waals surface area contributed by atoms with Crippen molar-refractivity contribution < 1.29 is 13.5 Å². The van der Waals surface area contributed by atoms with Crippen molar-refractivity contribution in [1.29, 1.82) is 0 Å². The van der Waals surface area contributed by atoms with Gasteiger partial charge in [0.1, 0.15) is 11.6 Å². The van der Waals surface area contributed by atoms with Gasteiger partial charge in [0.2, 0.25) is 0 Å². The van der Waals surface area contributed by atoms with Crippen LogP contribution < -0.4 is 10.6 Å². The third-order valence-corrected chi connectivity index (χ3v) is 5.18. The van der Waals surface area contributed by atoms with Gasteiger partial charge in [0.15, 0.2) is 5.96 Å². The summed E-state index contributed by atoms with van der Waals surface area (Å²) >= 11 is 0. The summed E-state index contributed by atoms with van der Waals surface area (Å²) in [6.07, 6.45) is 2.03. The highest BCUT2D eigenvalue weighted by Crippen LogP contribution is 2.23. The Bertz CT molecular complexity index is 613. The Morgan fingerprint density at radius 3 is 2.46 bits per heavy atom. The number of ether oxygens (including phenoxy) is 1. The van der Waals surface area contributed by atoms with Crippen molar-refractivity contribution in [3.05, 3.63) is 35.4 Å². The molecule has 0 radical (unpaired) electrons. The maximum Gasteiger partial charge on any atom is 0.191 e. The number of likely N-dealkylation sites (N-methyl/N-ethyl adjacent to an activating group) is 1. The summed E-state index contributed by atoms with van der Waals surface area (Å²) in [6, 6.07) is 3.84. The second-order valence-electron chi connectivity index (χ2n) is 7.32. The molecule has 158 valence electrons. The smallest absolute Gasteiger partial charge is 0.191 e. The van der Waals surface area contributed by atoms with E-state index in [1.54, 1.807) is 19.1 Å². The third kappa shape index (κ3) is 6.39. The van der Waals surface area contributed by atoms with Gasteiger partial charge in [-0.15, -0.1) is 0 Å². The molecule has 2 rings (SSSR count). The number of guanidine groups is 1. The van der Waals surface area contributed by atoms with E-state index in [0.29, 0.717) is 18.5 Å². The molecular weight excluding hydrogens is 364 g/mol. The van der Waals surface area contributed by atoms with Crippen LogP contribution in [0.4, 0.5) is 8.78 Å². The van der Waals surface area contributed by atoms with Crippen molar-refractivity contribution in [2.75, 3.05) is 61.0 Å². The monoisotopic (exact) mass is 397 g/mol. The number of rotatable bonds is 8. The van der Waals surface area contributed by atoms with Gasteiger partial charge in [-0.25, -0.2) is 8.78 Å². The van der Waals surface area contributed by atoms with Crippen LogP contribution in [-0.4, -0.2) is 82.8 Å². The van der Waals surface area contributed by atoms with E-state index >= 15 is 0 Å². The molecule has 0 spiro atoms. The summed E-state index contributed by atoms with van der Waals surface area (Å²) in [7, 11) is 7.05. The molecular formula is C20H33F2N5O. The number of nitrogens with zero attached hydrogens (tertiary/aromatic N) is 3. The highest BCUT2D eigenvalue weighted by atomic mass is 19.1. The number of hydrogen-bond donors (Lipinski definition) is 2. The summed E-state index contributed by atoms with van der Waals surface area (Å²) in [5.74, 6) is -0.419. The molecule has 6 nitrogen and oxygen atoms in total. The summed E-state index contributed by atoms with van der Waals surface area (Å²) < 4.78 is 33.6. The van der Waals surface area contributed by atoms with Gasteiger partial charge in [0, 0.05) is 51.9 Å². The number of piperidine rings is 1.